The molecule has 120 valence electrons. The van der Waals surface area contributed by atoms with Crippen molar-refractivity contribution in [2.75, 3.05) is 5.32 Å². The minimum Gasteiger partial charge on any atom is -0.334 e. The van der Waals surface area contributed by atoms with E-state index in [1.165, 1.54) is 11.8 Å². The number of carbonyl (C=O) groups is 1. The van der Waals surface area contributed by atoms with Crippen LogP contribution >= 0.6 is 11.8 Å². The van der Waals surface area contributed by atoms with E-state index in [9.17, 15) is 4.79 Å². The number of amides is 2. The van der Waals surface area contributed by atoms with Crippen molar-refractivity contribution >= 4 is 23.5 Å². The third kappa shape index (κ3) is 4.79. The Hall–Kier alpha value is -2.93. The summed E-state index contributed by atoms with van der Waals surface area (Å²) in [6, 6.07) is 12.8. The Morgan fingerprint density at radius 1 is 0.958 bits per heavy atom. The summed E-state index contributed by atoms with van der Waals surface area (Å²) in [5, 5.41) is 6.28. The first-order valence-electron chi connectivity index (χ1n) is 7.28. The molecule has 0 aliphatic carbocycles. The van der Waals surface area contributed by atoms with Crippen LogP contribution in [-0.2, 0) is 6.54 Å². The molecule has 2 aromatic heterocycles. The second-order valence-corrected chi connectivity index (χ2v) is 5.86. The Labute approximate surface area is 143 Å². The van der Waals surface area contributed by atoms with E-state index in [1.54, 1.807) is 30.9 Å². The lowest BCUT2D eigenvalue weighted by atomic mass is 10.3. The van der Waals surface area contributed by atoms with Gasteiger partial charge in [-0.25, -0.2) is 14.8 Å². The van der Waals surface area contributed by atoms with Crippen LogP contribution in [0.25, 0.3) is 0 Å². The van der Waals surface area contributed by atoms with Crippen LogP contribution in [0.5, 0.6) is 0 Å². The highest BCUT2D eigenvalue weighted by Crippen LogP contribution is 2.25. The highest BCUT2D eigenvalue weighted by molar-refractivity contribution is 7.99. The molecule has 2 amide bonds. The number of rotatable bonds is 5. The van der Waals surface area contributed by atoms with Gasteiger partial charge in [-0.05, 0) is 59.8 Å². The van der Waals surface area contributed by atoms with Gasteiger partial charge >= 0.3 is 6.03 Å². The summed E-state index contributed by atoms with van der Waals surface area (Å²) in [6.07, 6.45) is 6.81. The molecule has 2 heterocycles. The summed E-state index contributed by atoms with van der Waals surface area (Å²) >= 11 is 1.47. The average Bonchev–Trinajstić information content (AvgIpc) is 2.63. The van der Waals surface area contributed by atoms with Crippen LogP contribution < -0.4 is 10.6 Å². The molecule has 0 bridgehead atoms. The highest BCUT2D eigenvalue weighted by atomic mass is 32.2. The molecule has 0 atom stereocenters. The van der Waals surface area contributed by atoms with Crippen LogP contribution in [-0.4, -0.2) is 21.0 Å². The zero-order valence-corrected chi connectivity index (χ0v) is 13.5. The van der Waals surface area contributed by atoms with E-state index in [2.05, 4.69) is 25.6 Å². The molecule has 0 aliphatic rings. The smallest absolute Gasteiger partial charge is 0.319 e. The Morgan fingerprint density at radius 3 is 2.38 bits per heavy atom. The van der Waals surface area contributed by atoms with Crippen molar-refractivity contribution in [2.24, 2.45) is 0 Å². The minimum atomic E-state index is -0.251. The van der Waals surface area contributed by atoms with Gasteiger partial charge in [-0.15, -0.1) is 0 Å². The van der Waals surface area contributed by atoms with Gasteiger partial charge in [-0.3, -0.25) is 4.98 Å². The number of nitrogens with zero attached hydrogens (tertiary/aromatic N) is 3. The lowest BCUT2D eigenvalue weighted by molar-refractivity contribution is 0.251. The van der Waals surface area contributed by atoms with Crippen LogP contribution in [0.4, 0.5) is 10.5 Å². The molecule has 1 aromatic carbocycles. The first-order chi connectivity index (χ1) is 11.8. The number of hydrogen-bond donors (Lipinski definition) is 2. The minimum absolute atomic E-state index is 0.251. The molecule has 0 saturated carbocycles. The fourth-order valence-corrected chi connectivity index (χ4v) is 2.62. The fraction of sp³-hybridized carbons (Fsp3) is 0.0588. The average molecular weight is 337 g/mol. The van der Waals surface area contributed by atoms with Gasteiger partial charge in [-0.1, -0.05) is 0 Å². The molecule has 7 heteroatoms. The largest absolute Gasteiger partial charge is 0.334 e. The van der Waals surface area contributed by atoms with E-state index in [0.717, 1.165) is 16.1 Å². The van der Waals surface area contributed by atoms with E-state index in [-0.39, 0.29) is 6.03 Å². The van der Waals surface area contributed by atoms with Gasteiger partial charge in [-0.2, -0.15) is 0 Å². The van der Waals surface area contributed by atoms with Crippen LogP contribution in [0, 0.1) is 0 Å². The lowest BCUT2D eigenvalue weighted by Gasteiger charge is -2.08. The maximum atomic E-state index is 11.9. The predicted molar refractivity (Wildman–Crippen MR) is 92.7 cm³/mol. The number of benzene rings is 1. The SMILES string of the molecule is O=C(NCc1ccncc1)Nc1ccc(Sc2ncccn2)cc1. The maximum Gasteiger partial charge on any atom is 0.319 e. The predicted octanol–water partition coefficient (Wildman–Crippen LogP) is 3.34. The number of carbonyl (C=O) groups excluding carboxylic acids is 1. The molecule has 0 unspecified atom stereocenters. The van der Waals surface area contributed by atoms with Crippen LogP contribution in [0.1, 0.15) is 5.56 Å². The van der Waals surface area contributed by atoms with Crippen LogP contribution in [0.3, 0.4) is 0 Å². The van der Waals surface area contributed by atoms with Crippen molar-refractivity contribution in [3.8, 4) is 0 Å². The topological polar surface area (TPSA) is 79.8 Å². The van der Waals surface area contributed by atoms with Gasteiger partial charge in [0.15, 0.2) is 5.16 Å². The molecular weight excluding hydrogens is 322 g/mol. The van der Waals surface area contributed by atoms with E-state index in [1.807, 2.05) is 36.4 Å². The van der Waals surface area contributed by atoms with Crippen molar-refractivity contribution in [1.82, 2.24) is 20.3 Å². The first kappa shape index (κ1) is 15.9. The fourth-order valence-electron chi connectivity index (χ4n) is 1.91. The summed E-state index contributed by atoms with van der Waals surface area (Å²) in [4.78, 5) is 25.2. The van der Waals surface area contributed by atoms with Gasteiger partial charge < -0.3 is 10.6 Å². The van der Waals surface area contributed by atoms with Gasteiger partial charge in [0.05, 0.1) is 0 Å². The van der Waals surface area contributed by atoms with Gasteiger partial charge in [0.1, 0.15) is 0 Å². The quantitative estimate of drug-likeness (QED) is 0.698. The summed E-state index contributed by atoms with van der Waals surface area (Å²) in [5.41, 5.74) is 1.72. The first-order valence-corrected chi connectivity index (χ1v) is 8.10. The van der Waals surface area contributed by atoms with Gasteiger partial charge in [0.25, 0.3) is 0 Å². The molecule has 6 nitrogen and oxygen atoms in total. The molecule has 0 aliphatic heterocycles. The zero-order chi connectivity index (χ0) is 16.6. The number of urea groups is 1. The van der Waals surface area contributed by atoms with Crippen molar-refractivity contribution in [1.29, 1.82) is 0 Å². The van der Waals surface area contributed by atoms with Gasteiger partial charge in [0.2, 0.25) is 0 Å². The Kier molecular flexibility index (Phi) is 5.36. The van der Waals surface area contributed by atoms with Crippen molar-refractivity contribution in [2.45, 2.75) is 16.6 Å². The Bertz CT molecular complexity index is 781. The number of pyridine rings is 1. The zero-order valence-electron chi connectivity index (χ0n) is 12.7. The number of hydrogen-bond acceptors (Lipinski definition) is 5. The Balaban J connectivity index is 1.51. The van der Waals surface area contributed by atoms with Gasteiger partial charge in [0, 0.05) is 41.9 Å². The van der Waals surface area contributed by atoms with Crippen molar-refractivity contribution in [3.63, 3.8) is 0 Å². The van der Waals surface area contributed by atoms with Crippen molar-refractivity contribution < 1.29 is 4.79 Å². The molecule has 0 spiro atoms. The summed E-state index contributed by atoms with van der Waals surface area (Å²) in [6.45, 7) is 0.452. The molecule has 3 aromatic rings. The standard InChI is InChI=1S/C17H15N5OS/c23-16(21-12-13-6-10-18-11-7-13)22-14-2-4-15(5-3-14)24-17-19-8-1-9-20-17/h1-11H,12H2,(H2,21,22,23). The van der Waals surface area contributed by atoms with E-state index in [4.69, 9.17) is 0 Å². The third-order valence-electron chi connectivity index (χ3n) is 3.07. The van der Waals surface area contributed by atoms with Crippen LogP contribution in [0.2, 0.25) is 0 Å². The third-order valence-corrected chi connectivity index (χ3v) is 3.97. The van der Waals surface area contributed by atoms with Crippen LogP contribution in [0.15, 0.2) is 77.3 Å². The summed E-state index contributed by atoms with van der Waals surface area (Å²) < 4.78 is 0. The molecule has 0 saturated heterocycles. The number of nitrogens with one attached hydrogen (secondary N) is 2. The number of anilines is 1. The van der Waals surface area contributed by atoms with E-state index < -0.39 is 0 Å². The molecule has 3 rings (SSSR count). The van der Waals surface area contributed by atoms with Crippen molar-refractivity contribution in [3.05, 3.63) is 72.8 Å². The second kappa shape index (κ2) is 8.07. The molecule has 2 N–H and O–H groups in total. The summed E-state index contributed by atoms with van der Waals surface area (Å²) in [5.74, 6) is 0. The normalized spacial score (nSPS) is 10.2. The van der Waals surface area contributed by atoms with E-state index in [0.29, 0.717) is 11.7 Å². The monoisotopic (exact) mass is 337 g/mol. The lowest BCUT2D eigenvalue weighted by Crippen LogP contribution is -2.28. The molecule has 24 heavy (non-hydrogen) atoms. The molecule has 0 radical (unpaired) electrons. The maximum absolute atomic E-state index is 11.9. The second-order valence-electron chi connectivity index (χ2n) is 4.82. The summed E-state index contributed by atoms with van der Waals surface area (Å²) in [7, 11) is 0. The molecule has 0 fully saturated rings. The number of aromatic nitrogens is 3. The highest BCUT2D eigenvalue weighted by Gasteiger charge is 2.03. The molecular formula is C17H15N5OS. The van der Waals surface area contributed by atoms with E-state index >= 15 is 0 Å². The Morgan fingerprint density at radius 2 is 1.67 bits per heavy atom.